The molecule has 0 aliphatic carbocycles. The van der Waals surface area contributed by atoms with Gasteiger partial charge in [-0.1, -0.05) is 35.4 Å². The van der Waals surface area contributed by atoms with Gasteiger partial charge in [-0.25, -0.2) is 0 Å². The van der Waals surface area contributed by atoms with Crippen molar-refractivity contribution < 1.29 is 40.6 Å². The summed E-state index contributed by atoms with van der Waals surface area (Å²) < 4.78 is 63.6. The molecule has 0 atom stereocenters. The number of aryl methyl sites for hydroxylation is 2. The van der Waals surface area contributed by atoms with Crippen molar-refractivity contribution in [3.8, 4) is 5.75 Å². The second-order valence-corrected chi connectivity index (χ2v) is 9.05. The van der Waals surface area contributed by atoms with Crippen molar-refractivity contribution in [1.82, 2.24) is 4.98 Å². The lowest BCUT2D eigenvalue weighted by molar-refractivity contribution is 0.287. The van der Waals surface area contributed by atoms with Crippen molar-refractivity contribution in [3.05, 3.63) is 84.2 Å². The SMILES string of the molecule is Cc1ccc(S(=O)(=O)O)cc1.Cc1ccc(S(=O)(=O)O)cc1.OB(O)Oc1cccnc1. The number of rotatable bonds is 4. The number of hydrogen-bond acceptors (Lipinski definition) is 8. The predicted octanol–water partition coefficient (Wildman–Crippen LogP) is 1.91. The molecule has 0 fully saturated rings. The van der Waals surface area contributed by atoms with E-state index in [2.05, 4.69) is 9.64 Å². The van der Waals surface area contributed by atoms with Gasteiger partial charge in [0.25, 0.3) is 20.2 Å². The van der Waals surface area contributed by atoms with Crippen LogP contribution in [0.5, 0.6) is 5.75 Å². The Hall–Kier alpha value is -2.81. The maximum atomic E-state index is 10.5. The fourth-order valence-corrected chi connectivity index (χ4v) is 2.92. The summed E-state index contributed by atoms with van der Waals surface area (Å²) in [6, 6.07) is 15.2. The van der Waals surface area contributed by atoms with Crippen LogP contribution in [0.2, 0.25) is 0 Å². The maximum Gasteiger partial charge on any atom is 0.707 e. The Bertz CT molecular complexity index is 1090. The molecule has 3 rings (SSSR count). The van der Waals surface area contributed by atoms with Gasteiger partial charge < -0.3 is 14.7 Å². The van der Waals surface area contributed by atoms with Crippen LogP contribution in [0.3, 0.4) is 0 Å². The van der Waals surface area contributed by atoms with Crippen LogP contribution in [-0.4, -0.2) is 48.3 Å². The molecule has 32 heavy (non-hydrogen) atoms. The van der Waals surface area contributed by atoms with Crippen molar-refractivity contribution in [2.24, 2.45) is 0 Å². The third-order valence-electron chi connectivity index (χ3n) is 3.51. The molecule has 4 N–H and O–H groups in total. The molecule has 1 aromatic heterocycles. The van der Waals surface area contributed by atoms with E-state index in [4.69, 9.17) is 19.2 Å². The molecule has 10 nitrogen and oxygen atoms in total. The highest BCUT2D eigenvalue weighted by molar-refractivity contribution is 7.86. The van der Waals surface area contributed by atoms with E-state index in [0.29, 0.717) is 5.75 Å². The Morgan fingerprint density at radius 1 is 0.750 bits per heavy atom. The molecule has 0 spiro atoms. The summed E-state index contributed by atoms with van der Waals surface area (Å²) in [6.45, 7) is 3.68. The third-order valence-corrected chi connectivity index (χ3v) is 5.25. The predicted molar refractivity (Wildman–Crippen MR) is 117 cm³/mol. The van der Waals surface area contributed by atoms with Gasteiger partial charge in [-0.2, -0.15) is 16.8 Å². The number of pyridine rings is 1. The standard InChI is InChI=1S/2C7H8O3S.C5H6BNO3/c2*1-6-2-4-7(5-3-6)11(8,9)10;8-6(9)10-5-2-1-3-7-4-5/h2*2-5H,1H3,(H,8,9,10);1-4,8-9H. The quantitative estimate of drug-likeness (QED) is 0.317. The van der Waals surface area contributed by atoms with Gasteiger partial charge in [0.05, 0.1) is 16.0 Å². The van der Waals surface area contributed by atoms with E-state index in [-0.39, 0.29) is 9.79 Å². The monoisotopic (exact) mass is 483 g/mol. The van der Waals surface area contributed by atoms with Gasteiger partial charge in [0.15, 0.2) is 0 Å². The number of hydrogen-bond donors (Lipinski definition) is 4. The minimum atomic E-state index is -4.02. The minimum absolute atomic E-state index is 0.0666. The fourth-order valence-electron chi connectivity index (χ4n) is 1.96. The highest BCUT2D eigenvalue weighted by Crippen LogP contribution is 2.09. The molecule has 13 heteroatoms. The van der Waals surface area contributed by atoms with E-state index < -0.39 is 27.6 Å². The van der Waals surface area contributed by atoms with Crippen LogP contribution in [0.1, 0.15) is 11.1 Å². The Labute approximate surface area is 186 Å². The molecule has 0 saturated carbocycles. The van der Waals surface area contributed by atoms with Gasteiger partial charge in [-0.05, 0) is 50.2 Å². The van der Waals surface area contributed by atoms with Crippen molar-refractivity contribution in [2.75, 3.05) is 0 Å². The molecule has 0 bridgehead atoms. The normalized spacial score (nSPS) is 10.7. The van der Waals surface area contributed by atoms with E-state index >= 15 is 0 Å². The van der Waals surface area contributed by atoms with Crippen LogP contribution < -0.4 is 4.65 Å². The van der Waals surface area contributed by atoms with E-state index in [0.717, 1.165) is 11.1 Å². The molecule has 0 aliphatic rings. The average Bonchev–Trinajstić information content (AvgIpc) is 2.68. The second-order valence-electron chi connectivity index (χ2n) is 6.21. The first-order valence-electron chi connectivity index (χ1n) is 8.80. The summed E-state index contributed by atoms with van der Waals surface area (Å²) >= 11 is 0. The first-order chi connectivity index (χ1) is 14.8. The first-order valence-corrected chi connectivity index (χ1v) is 11.7. The molecule has 0 aliphatic heterocycles. The Kier molecular flexibility index (Phi) is 10.5. The van der Waals surface area contributed by atoms with Crippen molar-refractivity contribution in [1.29, 1.82) is 0 Å². The fraction of sp³-hybridized carbons (Fsp3) is 0.105. The number of benzene rings is 2. The Morgan fingerprint density at radius 2 is 1.16 bits per heavy atom. The zero-order valence-electron chi connectivity index (χ0n) is 17.1. The molecule has 172 valence electrons. The van der Waals surface area contributed by atoms with Crippen LogP contribution in [0.4, 0.5) is 0 Å². The van der Waals surface area contributed by atoms with E-state index in [9.17, 15) is 16.8 Å². The van der Waals surface area contributed by atoms with Gasteiger partial charge in [0.2, 0.25) is 0 Å². The Balaban J connectivity index is 0.000000240. The van der Waals surface area contributed by atoms with Gasteiger partial charge in [-0.15, -0.1) is 0 Å². The maximum absolute atomic E-state index is 10.5. The highest BCUT2D eigenvalue weighted by Gasteiger charge is 2.10. The van der Waals surface area contributed by atoms with Crippen LogP contribution in [0, 0.1) is 13.8 Å². The second kappa shape index (κ2) is 12.3. The van der Waals surface area contributed by atoms with Crippen molar-refractivity contribution in [3.63, 3.8) is 0 Å². The van der Waals surface area contributed by atoms with Crippen molar-refractivity contribution >= 4 is 27.6 Å². The molecule has 3 aromatic rings. The molecule has 1 heterocycles. The van der Waals surface area contributed by atoms with E-state index in [1.807, 2.05) is 13.8 Å². The molecule has 0 unspecified atom stereocenters. The van der Waals surface area contributed by atoms with Crippen LogP contribution >= 0.6 is 0 Å². The minimum Gasteiger partial charge on any atom is -0.511 e. The topological polar surface area (TPSA) is 171 Å². The zero-order chi connectivity index (χ0) is 24.4. The third kappa shape index (κ3) is 11.0. The summed E-state index contributed by atoms with van der Waals surface area (Å²) in [6.07, 6.45) is 2.95. The number of nitrogens with zero attached hydrogens (tertiary/aromatic N) is 1. The lowest BCUT2D eigenvalue weighted by Gasteiger charge is -2.01. The van der Waals surface area contributed by atoms with Gasteiger partial charge in [-0.3, -0.25) is 14.1 Å². The Morgan fingerprint density at radius 3 is 1.44 bits per heavy atom. The molecule has 2 aromatic carbocycles. The molecule has 0 saturated heterocycles. The van der Waals surface area contributed by atoms with Gasteiger partial charge in [0.1, 0.15) is 5.75 Å². The van der Waals surface area contributed by atoms with Crippen molar-refractivity contribution in [2.45, 2.75) is 23.6 Å². The molecular formula is C19H22BNO9S2. The summed E-state index contributed by atoms with van der Waals surface area (Å²) in [5.41, 5.74) is 1.91. The molecular weight excluding hydrogens is 461 g/mol. The molecule has 0 radical (unpaired) electrons. The summed E-state index contributed by atoms with van der Waals surface area (Å²) in [7, 11) is -9.81. The number of aromatic nitrogens is 1. The first kappa shape index (κ1) is 27.2. The highest BCUT2D eigenvalue weighted by atomic mass is 32.2. The summed E-state index contributed by atoms with van der Waals surface area (Å²) in [5.74, 6) is 0.331. The molecule has 0 amide bonds. The zero-order valence-corrected chi connectivity index (χ0v) is 18.7. The average molecular weight is 483 g/mol. The largest absolute Gasteiger partial charge is 0.707 e. The smallest absolute Gasteiger partial charge is 0.511 e. The van der Waals surface area contributed by atoms with E-state index in [1.165, 1.54) is 30.5 Å². The summed E-state index contributed by atoms with van der Waals surface area (Å²) in [5, 5.41) is 16.6. The van der Waals surface area contributed by atoms with Gasteiger partial charge in [0, 0.05) is 6.20 Å². The van der Waals surface area contributed by atoms with Gasteiger partial charge >= 0.3 is 7.32 Å². The van der Waals surface area contributed by atoms with Crippen LogP contribution in [-0.2, 0) is 20.2 Å². The van der Waals surface area contributed by atoms with Crippen LogP contribution in [0.25, 0.3) is 0 Å². The lowest BCUT2D eigenvalue weighted by Crippen LogP contribution is -2.20. The van der Waals surface area contributed by atoms with Crippen LogP contribution in [0.15, 0.2) is 82.8 Å². The summed E-state index contributed by atoms with van der Waals surface area (Å²) in [4.78, 5) is 3.56. The lowest BCUT2D eigenvalue weighted by atomic mass is 10.2. The van der Waals surface area contributed by atoms with E-state index in [1.54, 1.807) is 42.6 Å².